The number of benzene rings is 4. The molecule has 0 saturated carbocycles. The number of aromatic nitrogens is 1. The van der Waals surface area contributed by atoms with Crippen LogP contribution in [0.3, 0.4) is 0 Å². The van der Waals surface area contributed by atoms with Crippen LogP contribution in [0.4, 0.5) is 5.69 Å². The Morgan fingerprint density at radius 2 is 1.33 bits per heavy atom. The summed E-state index contributed by atoms with van der Waals surface area (Å²) >= 11 is 0. The fourth-order valence-electron chi connectivity index (χ4n) is 4.93. The topological polar surface area (TPSA) is 37.8 Å². The van der Waals surface area contributed by atoms with Crippen LogP contribution in [0.15, 0.2) is 128 Å². The van der Waals surface area contributed by atoms with E-state index in [0.29, 0.717) is 0 Å². The van der Waals surface area contributed by atoms with Gasteiger partial charge in [0.25, 0.3) is 0 Å². The van der Waals surface area contributed by atoms with Crippen LogP contribution < -0.4 is 14.4 Å². The molecule has 42 heavy (non-hydrogen) atoms. The molecule has 0 unspecified atom stereocenters. The van der Waals surface area contributed by atoms with Crippen LogP contribution in [0.25, 0.3) is 22.4 Å². The summed E-state index contributed by atoms with van der Waals surface area (Å²) in [7, 11) is 2.06. The molecular formula is C37H35N3O2. The molecule has 0 bridgehead atoms. The van der Waals surface area contributed by atoms with Gasteiger partial charge in [-0.05, 0) is 82.8 Å². The Bertz CT molecular complexity index is 1720. The van der Waals surface area contributed by atoms with Gasteiger partial charge in [0.05, 0.1) is 12.4 Å². The molecule has 0 atom stereocenters. The number of pyridine rings is 1. The molecule has 4 aromatic carbocycles. The van der Waals surface area contributed by atoms with Crippen molar-refractivity contribution in [2.45, 2.75) is 26.2 Å². The minimum absolute atomic E-state index is 0.0371. The number of ether oxygens (including phenoxy) is 2. The average molecular weight is 554 g/mol. The zero-order chi connectivity index (χ0) is 29.1. The second-order valence-corrected chi connectivity index (χ2v) is 11.6. The highest BCUT2D eigenvalue weighted by molar-refractivity contribution is 5.72. The third-order valence-electron chi connectivity index (χ3n) is 7.24. The van der Waals surface area contributed by atoms with Gasteiger partial charge in [-0.1, -0.05) is 63.2 Å². The van der Waals surface area contributed by atoms with Crippen LogP contribution in [0.5, 0.6) is 23.0 Å². The maximum Gasteiger partial charge on any atom is 0.129 e. The lowest BCUT2D eigenvalue weighted by Gasteiger charge is -2.21. The van der Waals surface area contributed by atoms with Crippen LogP contribution in [0.2, 0.25) is 0 Å². The van der Waals surface area contributed by atoms with E-state index in [1.165, 1.54) is 5.56 Å². The lowest BCUT2D eigenvalue weighted by molar-refractivity contribution is 0.479. The van der Waals surface area contributed by atoms with Gasteiger partial charge in [0.1, 0.15) is 23.0 Å². The van der Waals surface area contributed by atoms with Gasteiger partial charge in [0.2, 0.25) is 0 Å². The summed E-state index contributed by atoms with van der Waals surface area (Å²) in [4.78, 5) is 9.03. The lowest BCUT2D eigenvalue weighted by atomic mass is 9.85. The van der Waals surface area contributed by atoms with E-state index in [1.54, 1.807) is 0 Å². The summed E-state index contributed by atoms with van der Waals surface area (Å²) in [5.41, 5.74) is 6.29. The van der Waals surface area contributed by atoms with E-state index in [4.69, 9.17) is 14.5 Å². The number of rotatable bonds is 7. The van der Waals surface area contributed by atoms with Gasteiger partial charge in [-0.25, -0.2) is 0 Å². The third-order valence-corrected chi connectivity index (χ3v) is 7.24. The highest BCUT2D eigenvalue weighted by Gasteiger charge is 2.17. The van der Waals surface area contributed by atoms with Crippen molar-refractivity contribution in [3.8, 4) is 45.4 Å². The minimum Gasteiger partial charge on any atom is -0.457 e. The van der Waals surface area contributed by atoms with Crippen molar-refractivity contribution >= 4 is 5.69 Å². The Morgan fingerprint density at radius 1 is 0.619 bits per heavy atom. The van der Waals surface area contributed by atoms with Crippen LogP contribution in [-0.4, -0.2) is 23.6 Å². The zero-order valence-corrected chi connectivity index (χ0v) is 24.5. The van der Waals surface area contributed by atoms with E-state index in [1.807, 2.05) is 72.9 Å². The quantitative estimate of drug-likeness (QED) is 0.201. The van der Waals surface area contributed by atoms with Crippen molar-refractivity contribution in [1.82, 2.24) is 9.88 Å². The molecule has 1 aliphatic rings. The van der Waals surface area contributed by atoms with E-state index in [2.05, 4.69) is 92.5 Å². The SMILES string of the molecule is CN1C=CN(c2cccc(Oc3cccc(-c4cc(-c5cc(Oc6ccccc6)cc(C(C)(C)C)c5)ccn4)c3)c2)C1. The first-order valence-electron chi connectivity index (χ1n) is 14.2. The summed E-state index contributed by atoms with van der Waals surface area (Å²) < 4.78 is 12.6. The third kappa shape index (κ3) is 6.31. The number of hydrogen-bond acceptors (Lipinski definition) is 5. The molecule has 5 aromatic rings. The second-order valence-electron chi connectivity index (χ2n) is 11.6. The smallest absolute Gasteiger partial charge is 0.129 e. The molecule has 1 aliphatic heterocycles. The van der Waals surface area contributed by atoms with Crippen LogP contribution in [0, 0.1) is 0 Å². The van der Waals surface area contributed by atoms with E-state index in [-0.39, 0.29) is 5.41 Å². The molecular weight excluding hydrogens is 518 g/mol. The Labute approximate surface area is 248 Å². The molecule has 0 aliphatic carbocycles. The van der Waals surface area contributed by atoms with Crippen molar-refractivity contribution in [2.24, 2.45) is 0 Å². The lowest BCUT2D eigenvalue weighted by Crippen LogP contribution is -2.21. The fourth-order valence-corrected chi connectivity index (χ4v) is 4.93. The molecule has 0 fully saturated rings. The van der Waals surface area contributed by atoms with E-state index >= 15 is 0 Å². The van der Waals surface area contributed by atoms with Crippen molar-refractivity contribution < 1.29 is 9.47 Å². The van der Waals surface area contributed by atoms with Gasteiger partial charge < -0.3 is 19.3 Å². The largest absolute Gasteiger partial charge is 0.457 e. The van der Waals surface area contributed by atoms with Crippen molar-refractivity contribution in [3.63, 3.8) is 0 Å². The highest BCUT2D eigenvalue weighted by Crippen LogP contribution is 2.36. The molecule has 210 valence electrons. The predicted molar refractivity (Wildman–Crippen MR) is 171 cm³/mol. The minimum atomic E-state index is -0.0371. The molecule has 2 heterocycles. The molecule has 5 nitrogen and oxygen atoms in total. The first-order valence-corrected chi connectivity index (χ1v) is 14.2. The van der Waals surface area contributed by atoms with Crippen LogP contribution in [-0.2, 0) is 5.41 Å². The molecule has 0 spiro atoms. The predicted octanol–water partition coefficient (Wildman–Crippen LogP) is 9.48. The van der Waals surface area contributed by atoms with Gasteiger partial charge >= 0.3 is 0 Å². The van der Waals surface area contributed by atoms with Gasteiger partial charge in [-0.2, -0.15) is 0 Å². The molecule has 0 radical (unpaired) electrons. The van der Waals surface area contributed by atoms with Gasteiger partial charge in [0.15, 0.2) is 0 Å². The number of anilines is 1. The molecule has 0 amide bonds. The monoisotopic (exact) mass is 553 g/mol. The van der Waals surface area contributed by atoms with Crippen LogP contribution >= 0.6 is 0 Å². The molecule has 6 rings (SSSR count). The number of para-hydroxylation sites is 1. The Hall–Kier alpha value is -5.03. The normalized spacial score (nSPS) is 13.0. The van der Waals surface area contributed by atoms with Crippen LogP contribution in [0.1, 0.15) is 26.3 Å². The Kier molecular flexibility index (Phi) is 7.41. The van der Waals surface area contributed by atoms with Gasteiger partial charge in [-0.3, -0.25) is 4.98 Å². The molecule has 0 N–H and O–H groups in total. The van der Waals surface area contributed by atoms with Gasteiger partial charge in [0, 0.05) is 43.0 Å². The molecule has 5 heteroatoms. The van der Waals surface area contributed by atoms with Gasteiger partial charge in [-0.15, -0.1) is 0 Å². The highest BCUT2D eigenvalue weighted by atomic mass is 16.5. The second kappa shape index (κ2) is 11.5. The van der Waals surface area contributed by atoms with E-state index in [0.717, 1.165) is 57.7 Å². The van der Waals surface area contributed by atoms with E-state index < -0.39 is 0 Å². The maximum absolute atomic E-state index is 6.30. The van der Waals surface area contributed by atoms with Crippen molar-refractivity contribution in [1.29, 1.82) is 0 Å². The Morgan fingerprint density at radius 3 is 2.10 bits per heavy atom. The summed E-state index contributed by atoms with van der Waals surface area (Å²) in [6, 6.07) is 36.8. The first-order chi connectivity index (χ1) is 20.3. The fraction of sp³-hybridized carbons (Fsp3) is 0.162. The maximum atomic E-state index is 6.30. The average Bonchev–Trinajstić information content (AvgIpc) is 3.44. The Balaban J connectivity index is 1.28. The van der Waals surface area contributed by atoms with E-state index in [9.17, 15) is 0 Å². The van der Waals surface area contributed by atoms with Crippen molar-refractivity contribution in [2.75, 3.05) is 18.6 Å². The zero-order valence-electron chi connectivity index (χ0n) is 24.5. The molecule has 1 aromatic heterocycles. The molecule has 0 saturated heterocycles. The number of hydrogen-bond donors (Lipinski definition) is 0. The summed E-state index contributed by atoms with van der Waals surface area (Å²) in [5.74, 6) is 3.19. The first kappa shape index (κ1) is 27.2. The standard InChI is InChI=1S/C37H35N3O2/c1-37(2,3)30-20-29(22-35(24-30)41-32-12-6-5-7-13-32)27-16-17-38-36(23-27)28-10-8-14-33(21-28)42-34-15-9-11-31(25-34)40-19-18-39(4)26-40/h5-25H,26H2,1-4H3. The summed E-state index contributed by atoms with van der Waals surface area (Å²) in [5, 5.41) is 0. The number of nitrogens with zero attached hydrogens (tertiary/aromatic N) is 3. The summed E-state index contributed by atoms with van der Waals surface area (Å²) in [6.45, 7) is 7.48. The van der Waals surface area contributed by atoms with Crippen molar-refractivity contribution in [3.05, 3.63) is 133 Å². The summed E-state index contributed by atoms with van der Waals surface area (Å²) in [6.07, 6.45) is 6.00.